The van der Waals surface area contributed by atoms with Crippen LogP contribution in [0.4, 0.5) is 11.4 Å². The number of rotatable bonds is 7. The van der Waals surface area contributed by atoms with E-state index in [1.807, 2.05) is 30.3 Å². The summed E-state index contributed by atoms with van der Waals surface area (Å²) in [6.45, 7) is -0.274. The Labute approximate surface area is 201 Å². The number of benzene rings is 4. The van der Waals surface area contributed by atoms with Crippen molar-refractivity contribution in [3.8, 4) is 5.75 Å². The Bertz CT molecular complexity index is 1420. The Morgan fingerprint density at radius 2 is 1.61 bits per heavy atom. The van der Waals surface area contributed by atoms with E-state index in [2.05, 4.69) is 10.0 Å². The van der Waals surface area contributed by atoms with Gasteiger partial charge in [-0.1, -0.05) is 59.6 Å². The smallest absolute Gasteiger partial charge is 0.262 e. The molecule has 4 rings (SSSR count). The van der Waals surface area contributed by atoms with Crippen LogP contribution in [0.5, 0.6) is 5.75 Å². The number of halogens is 2. The van der Waals surface area contributed by atoms with Gasteiger partial charge < -0.3 is 10.1 Å². The molecule has 33 heavy (non-hydrogen) atoms. The van der Waals surface area contributed by atoms with E-state index in [4.69, 9.17) is 27.9 Å². The lowest BCUT2D eigenvalue weighted by molar-refractivity contribution is -0.118. The van der Waals surface area contributed by atoms with Crippen LogP contribution in [0.15, 0.2) is 89.8 Å². The SMILES string of the molecule is O=C(COc1ccc(Cl)cc1Cl)Nc1ccc(S(=O)(=O)Nc2cccc3ccccc23)cc1. The predicted molar refractivity (Wildman–Crippen MR) is 132 cm³/mol. The van der Waals surface area contributed by atoms with Crippen LogP contribution >= 0.6 is 23.2 Å². The van der Waals surface area contributed by atoms with Crippen molar-refractivity contribution in [1.82, 2.24) is 0 Å². The second kappa shape index (κ2) is 9.70. The molecule has 0 radical (unpaired) electrons. The highest BCUT2D eigenvalue weighted by atomic mass is 35.5. The normalized spacial score (nSPS) is 11.2. The second-order valence-electron chi connectivity index (χ2n) is 7.07. The summed E-state index contributed by atoms with van der Waals surface area (Å²) < 4.78 is 33.7. The van der Waals surface area contributed by atoms with Crippen molar-refractivity contribution < 1.29 is 17.9 Å². The number of carbonyl (C=O) groups excluding carboxylic acids is 1. The number of fused-ring (bicyclic) bond motifs is 1. The largest absolute Gasteiger partial charge is 0.482 e. The molecule has 0 aromatic heterocycles. The fourth-order valence-electron chi connectivity index (χ4n) is 3.17. The van der Waals surface area contributed by atoms with Crippen LogP contribution in [0.25, 0.3) is 10.8 Å². The predicted octanol–water partition coefficient (Wildman–Crippen LogP) is 5.96. The maximum atomic E-state index is 12.9. The minimum absolute atomic E-state index is 0.0672. The molecule has 0 aliphatic heterocycles. The molecule has 2 N–H and O–H groups in total. The van der Waals surface area contributed by atoms with Crippen LogP contribution in [0.1, 0.15) is 0 Å². The highest BCUT2D eigenvalue weighted by Crippen LogP contribution is 2.28. The average Bonchev–Trinajstić information content (AvgIpc) is 2.79. The van der Waals surface area contributed by atoms with E-state index in [1.54, 1.807) is 24.3 Å². The third-order valence-corrected chi connectivity index (χ3v) is 6.65. The van der Waals surface area contributed by atoms with Gasteiger partial charge in [-0.2, -0.15) is 0 Å². The zero-order chi connectivity index (χ0) is 23.4. The Hall–Kier alpha value is -3.26. The molecule has 0 heterocycles. The van der Waals surface area contributed by atoms with Crippen molar-refractivity contribution in [2.24, 2.45) is 0 Å². The van der Waals surface area contributed by atoms with Gasteiger partial charge in [0.2, 0.25) is 0 Å². The quantitative estimate of drug-likeness (QED) is 0.327. The molecular formula is C24H18Cl2N2O4S. The molecule has 6 nitrogen and oxygen atoms in total. The van der Waals surface area contributed by atoms with Gasteiger partial charge in [0.1, 0.15) is 5.75 Å². The lowest BCUT2D eigenvalue weighted by Crippen LogP contribution is -2.20. The van der Waals surface area contributed by atoms with Gasteiger partial charge in [-0.25, -0.2) is 8.42 Å². The van der Waals surface area contributed by atoms with Crippen LogP contribution in [0.2, 0.25) is 10.0 Å². The first-order valence-electron chi connectivity index (χ1n) is 9.80. The minimum Gasteiger partial charge on any atom is -0.482 e. The molecular weight excluding hydrogens is 483 g/mol. The molecule has 0 saturated heterocycles. The van der Waals surface area contributed by atoms with Gasteiger partial charge in [-0.05, 0) is 53.9 Å². The van der Waals surface area contributed by atoms with Gasteiger partial charge in [-0.3, -0.25) is 9.52 Å². The van der Waals surface area contributed by atoms with E-state index in [0.717, 1.165) is 10.8 Å². The molecule has 0 atom stereocenters. The molecule has 0 aliphatic carbocycles. The highest BCUT2D eigenvalue weighted by Gasteiger charge is 2.16. The third kappa shape index (κ3) is 5.57. The summed E-state index contributed by atoms with van der Waals surface area (Å²) in [7, 11) is -3.82. The Morgan fingerprint density at radius 1 is 0.879 bits per heavy atom. The van der Waals surface area contributed by atoms with Gasteiger partial charge in [0, 0.05) is 16.1 Å². The van der Waals surface area contributed by atoms with Crippen LogP contribution in [0.3, 0.4) is 0 Å². The number of hydrogen-bond acceptors (Lipinski definition) is 4. The number of carbonyl (C=O) groups is 1. The molecule has 9 heteroatoms. The number of nitrogens with one attached hydrogen (secondary N) is 2. The molecule has 0 unspecified atom stereocenters. The van der Waals surface area contributed by atoms with Crippen LogP contribution in [-0.4, -0.2) is 20.9 Å². The lowest BCUT2D eigenvalue weighted by atomic mass is 10.1. The van der Waals surface area contributed by atoms with E-state index in [9.17, 15) is 13.2 Å². The van der Waals surface area contributed by atoms with Crippen LogP contribution in [0, 0.1) is 0 Å². The number of sulfonamides is 1. The van der Waals surface area contributed by atoms with Crippen molar-refractivity contribution in [3.63, 3.8) is 0 Å². The Morgan fingerprint density at radius 3 is 2.36 bits per heavy atom. The Kier molecular flexibility index (Phi) is 6.74. The molecule has 4 aromatic rings. The highest BCUT2D eigenvalue weighted by molar-refractivity contribution is 7.92. The third-order valence-electron chi connectivity index (χ3n) is 4.74. The number of ether oxygens (including phenoxy) is 1. The molecule has 0 aliphatic rings. The van der Waals surface area contributed by atoms with E-state index in [0.29, 0.717) is 27.2 Å². The molecule has 0 spiro atoms. The van der Waals surface area contributed by atoms with Gasteiger partial charge in [-0.15, -0.1) is 0 Å². The van der Waals surface area contributed by atoms with Gasteiger partial charge in [0.25, 0.3) is 15.9 Å². The summed E-state index contributed by atoms with van der Waals surface area (Å²) in [6, 6.07) is 23.4. The Balaban J connectivity index is 1.41. The maximum absolute atomic E-state index is 12.9. The van der Waals surface area contributed by atoms with Gasteiger partial charge in [0.15, 0.2) is 6.61 Å². The number of hydrogen-bond donors (Lipinski definition) is 2. The monoisotopic (exact) mass is 500 g/mol. The van der Waals surface area contributed by atoms with E-state index < -0.39 is 15.9 Å². The standard InChI is InChI=1S/C24H18Cl2N2O4S/c25-17-8-13-23(21(26)14-17)32-15-24(29)27-18-9-11-19(12-10-18)33(30,31)28-22-7-3-5-16-4-1-2-6-20(16)22/h1-14,28H,15H2,(H,27,29). The molecule has 4 aromatic carbocycles. The van der Waals surface area contributed by atoms with Gasteiger partial charge >= 0.3 is 0 Å². The first-order valence-corrected chi connectivity index (χ1v) is 12.0. The fourth-order valence-corrected chi connectivity index (χ4v) is 4.71. The fraction of sp³-hybridized carbons (Fsp3) is 0.0417. The second-order valence-corrected chi connectivity index (χ2v) is 9.59. The summed E-state index contributed by atoms with van der Waals surface area (Å²) in [6.07, 6.45) is 0. The van der Waals surface area contributed by atoms with E-state index >= 15 is 0 Å². The molecule has 1 amide bonds. The topological polar surface area (TPSA) is 84.5 Å². The molecule has 0 saturated carbocycles. The summed E-state index contributed by atoms with van der Waals surface area (Å²) in [5, 5.41) is 5.13. The summed E-state index contributed by atoms with van der Waals surface area (Å²) in [5.41, 5.74) is 0.915. The van der Waals surface area contributed by atoms with Crippen molar-refractivity contribution in [3.05, 3.63) is 95.0 Å². The van der Waals surface area contributed by atoms with Crippen molar-refractivity contribution in [2.75, 3.05) is 16.6 Å². The molecule has 168 valence electrons. The zero-order valence-corrected chi connectivity index (χ0v) is 19.4. The molecule has 0 fully saturated rings. The first kappa shape index (κ1) is 22.9. The van der Waals surface area contributed by atoms with Crippen LogP contribution in [-0.2, 0) is 14.8 Å². The van der Waals surface area contributed by atoms with Gasteiger partial charge in [0.05, 0.1) is 15.6 Å². The zero-order valence-electron chi connectivity index (χ0n) is 17.1. The summed E-state index contributed by atoms with van der Waals surface area (Å²) in [4.78, 5) is 12.2. The summed E-state index contributed by atoms with van der Waals surface area (Å²) >= 11 is 11.9. The van der Waals surface area contributed by atoms with Crippen molar-refractivity contribution in [2.45, 2.75) is 4.90 Å². The van der Waals surface area contributed by atoms with E-state index in [-0.39, 0.29) is 11.5 Å². The number of amides is 1. The van der Waals surface area contributed by atoms with Crippen molar-refractivity contribution in [1.29, 1.82) is 0 Å². The van der Waals surface area contributed by atoms with E-state index in [1.165, 1.54) is 30.3 Å². The average molecular weight is 501 g/mol. The maximum Gasteiger partial charge on any atom is 0.262 e. The van der Waals surface area contributed by atoms with Crippen molar-refractivity contribution >= 4 is 61.3 Å². The molecule has 0 bridgehead atoms. The van der Waals surface area contributed by atoms with Crippen LogP contribution < -0.4 is 14.8 Å². The number of anilines is 2. The minimum atomic E-state index is -3.82. The first-order chi connectivity index (χ1) is 15.8. The lowest BCUT2D eigenvalue weighted by Gasteiger charge is -2.12. The summed E-state index contributed by atoms with van der Waals surface area (Å²) in [5.74, 6) is -0.0947.